The molecule has 0 saturated carbocycles. The summed E-state index contributed by atoms with van der Waals surface area (Å²) in [5.74, 6) is 2.41. The maximum atomic E-state index is 5.39. The molecular formula is C17H30N4O2. The Morgan fingerprint density at radius 1 is 1.35 bits per heavy atom. The van der Waals surface area contributed by atoms with Crippen LogP contribution in [0, 0.1) is 5.92 Å². The van der Waals surface area contributed by atoms with Gasteiger partial charge >= 0.3 is 0 Å². The van der Waals surface area contributed by atoms with E-state index in [0.717, 1.165) is 70.6 Å². The molecule has 0 radical (unpaired) electrons. The fraction of sp³-hybridized carbons (Fsp3) is 0.706. The minimum Gasteiger partial charge on any atom is -0.469 e. The highest BCUT2D eigenvalue weighted by Crippen LogP contribution is 2.04. The summed E-state index contributed by atoms with van der Waals surface area (Å²) in [6, 6.07) is 3.91. The van der Waals surface area contributed by atoms with Gasteiger partial charge in [0, 0.05) is 45.7 Å². The van der Waals surface area contributed by atoms with Crippen molar-refractivity contribution in [1.29, 1.82) is 0 Å². The second-order valence-corrected chi connectivity index (χ2v) is 5.99. The summed E-state index contributed by atoms with van der Waals surface area (Å²) < 4.78 is 10.7. The predicted octanol–water partition coefficient (Wildman–Crippen LogP) is 1.35. The van der Waals surface area contributed by atoms with Crippen molar-refractivity contribution in [2.45, 2.75) is 20.3 Å². The summed E-state index contributed by atoms with van der Waals surface area (Å²) in [6.07, 6.45) is 2.57. The maximum Gasteiger partial charge on any atom is 0.191 e. The lowest BCUT2D eigenvalue weighted by molar-refractivity contribution is 0.0323. The van der Waals surface area contributed by atoms with Gasteiger partial charge in [0.1, 0.15) is 5.76 Å². The molecule has 0 aromatic carbocycles. The quantitative estimate of drug-likeness (QED) is 0.559. The van der Waals surface area contributed by atoms with Crippen LogP contribution in [0.1, 0.15) is 19.6 Å². The van der Waals surface area contributed by atoms with Crippen molar-refractivity contribution >= 4 is 5.96 Å². The van der Waals surface area contributed by atoms with Crippen LogP contribution in [0.3, 0.4) is 0 Å². The zero-order chi connectivity index (χ0) is 16.3. The van der Waals surface area contributed by atoms with Crippen LogP contribution in [-0.2, 0) is 11.2 Å². The number of ether oxygens (including phenoxy) is 1. The van der Waals surface area contributed by atoms with E-state index in [2.05, 4.69) is 29.4 Å². The Morgan fingerprint density at radius 3 is 2.87 bits per heavy atom. The van der Waals surface area contributed by atoms with Gasteiger partial charge in [0.2, 0.25) is 0 Å². The molecule has 1 fully saturated rings. The van der Waals surface area contributed by atoms with E-state index >= 15 is 0 Å². The van der Waals surface area contributed by atoms with Gasteiger partial charge in [-0.15, -0.1) is 0 Å². The topological polar surface area (TPSA) is 62.0 Å². The monoisotopic (exact) mass is 322 g/mol. The van der Waals surface area contributed by atoms with Crippen LogP contribution in [0.25, 0.3) is 0 Å². The molecule has 1 atom stereocenters. The lowest BCUT2D eigenvalue weighted by atomic mass is 10.1. The minimum absolute atomic E-state index is 0.536. The van der Waals surface area contributed by atoms with Crippen molar-refractivity contribution in [3.63, 3.8) is 0 Å². The van der Waals surface area contributed by atoms with Gasteiger partial charge in [-0.1, -0.05) is 6.92 Å². The average Bonchev–Trinajstić information content (AvgIpc) is 3.07. The lowest BCUT2D eigenvalue weighted by Crippen LogP contribution is -2.40. The van der Waals surface area contributed by atoms with E-state index in [0.29, 0.717) is 5.92 Å². The number of nitrogens with one attached hydrogen (secondary N) is 2. The molecule has 0 amide bonds. The van der Waals surface area contributed by atoms with E-state index in [1.165, 1.54) is 0 Å². The third-order valence-corrected chi connectivity index (χ3v) is 3.82. The summed E-state index contributed by atoms with van der Waals surface area (Å²) in [5.41, 5.74) is 0. The molecule has 6 nitrogen and oxygen atoms in total. The van der Waals surface area contributed by atoms with Gasteiger partial charge in [0.25, 0.3) is 0 Å². The summed E-state index contributed by atoms with van der Waals surface area (Å²) in [7, 11) is 0. The molecule has 1 aromatic rings. The normalized spacial score (nSPS) is 17.9. The van der Waals surface area contributed by atoms with Gasteiger partial charge in [0.15, 0.2) is 5.96 Å². The molecule has 23 heavy (non-hydrogen) atoms. The molecule has 2 heterocycles. The number of nitrogens with zero attached hydrogens (tertiary/aromatic N) is 2. The number of aliphatic imine (C=N–C) groups is 1. The summed E-state index contributed by atoms with van der Waals surface area (Å²) >= 11 is 0. The van der Waals surface area contributed by atoms with Crippen LogP contribution < -0.4 is 10.6 Å². The van der Waals surface area contributed by atoms with Crippen molar-refractivity contribution in [2.75, 3.05) is 52.5 Å². The second-order valence-electron chi connectivity index (χ2n) is 5.99. The first-order valence-corrected chi connectivity index (χ1v) is 8.62. The highest BCUT2D eigenvalue weighted by atomic mass is 16.5. The van der Waals surface area contributed by atoms with Crippen molar-refractivity contribution in [1.82, 2.24) is 15.5 Å². The van der Waals surface area contributed by atoms with Gasteiger partial charge in [-0.2, -0.15) is 0 Å². The maximum absolute atomic E-state index is 5.39. The minimum atomic E-state index is 0.536. The van der Waals surface area contributed by atoms with Crippen molar-refractivity contribution < 1.29 is 9.15 Å². The number of furan rings is 1. The van der Waals surface area contributed by atoms with E-state index < -0.39 is 0 Å². The van der Waals surface area contributed by atoms with Gasteiger partial charge < -0.3 is 19.8 Å². The zero-order valence-corrected chi connectivity index (χ0v) is 14.4. The van der Waals surface area contributed by atoms with Crippen LogP contribution in [0.4, 0.5) is 0 Å². The Labute approximate surface area is 139 Å². The molecule has 0 spiro atoms. The number of guanidine groups is 1. The molecule has 0 aliphatic carbocycles. The second kappa shape index (κ2) is 10.3. The highest BCUT2D eigenvalue weighted by Gasteiger charge is 2.13. The zero-order valence-electron chi connectivity index (χ0n) is 14.4. The number of morpholine rings is 1. The highest BCUT2D eigenvalue weighted by molar-refractivity contribution is 5.79. The Kier molecular flexibility index (Phi) is 7.97. The smallest absolute Gasteiger partial charge is 0.191 e. The standard InChI is InChI=1S/C17H30N4O2/c1-3-18-17(19-7-6-16-5-4-10-23-16)20-13-15(2)14-21-8-11-22-12-9-21/h4-5,10,15H,3,6-9,11-14H2,1-2H3,(H2,18,19,20). The van der Waals surface area contributed by atoms with Crippen molar-refractivity contribution in [3.8, 4) is 0 Å². The van der Waals surface area contributed by atoms with Crippen LogP contribution in [0.5, 0.6) is 0 Å². The predicted molar refractivity (Wildman–Crippen MR) is 92.8 cm³/mol. The van der Waals surface area contributed by atoms with E-state index in [1.54, 1.807) is 6.26 Å². The van der Waals surface area contributed by atoms with Crippen LogP contribution in [-0.4, -0.2) is 63.3 Å². The van der Waals surface area contributed by atoms with E-state index in [-0.39, 0.29) is 0 Å². The third kappa shape index (κ3) is 7.05. The fourth-order valence-electron chi connectivity index (χ4n) is 2.63. The van der Waals surface area contributed by atoms with Gasteiger partial charge in [-0.25, -0.2) is 0 Å². The molecule has 1 unspecified atom stereocenters. The number of rotatable bonds is 8. The lowest BCUT2D eigenvalue weighted by Gasteiger charge is -2.28. The molecule has 1 saturated heterocycles. The van der Waals surface area contributed by atoms with Gasteiger partial charge in [0.05, 0.1) is 19.5 Å². The van der Waals surface area contributed by atoms with Crippen molar-refractivity contribution in [3.05, 3.63) is 24.2 Å². The Bertz CT molecular complexity index is 441. The van der Waals surface area contributed by atoms with Crippen LogP contribution >= 0.6 is 0 Å². The average molecular weight is 322 g/mol. The van der Waals surface area contributed by atoms with Gasteiger partial charge in [-0.05, 0) is 25.0 Å². The number of hydrogen-bond acceptors (Lipinski definition) is 4. The molecule has 1 aromatic heterocycles. The fourth-order valence-corrected chi connectivity index (χ4v) is 2.63. The molecule has 0 bridgehead atoms. The molecule has 6 heteroatoms. The Balaban J connectivity index is 1.70. The third-order valence-electron chi connectivity index (χ3n) is 3.82. The molecule has 2 N–H and O–H groups in total. The Morgan fingerprint density at radius 2 is 2.17 bits per heavy atom. The molecule has 2 rings (SSSR count). The molecule has 1 aliphatic heterocycles. The van der Waals surface area contributed by atoms with E-state index in [9.17, 15) is 0 Å². The first kappa shape index (κ1) is 17.8. The molecule has 1 aliphatic rings. The SMILES string of the molecule is CCNC(=NCC(C)CN1CCOCC1)NCCc1ccco1. The molecule has 130 valence electrons. The summed E-state index contributed by atoms with van der Waals surface area (Å²) in [4.78, 5) is 7.16. The van der Waals surface area contributed by atoms with E-state index in [4.69, 9.17) is 14.1 Å². The number of hydrogen-bond donors (Lipinski definition) is 2. The van der Waals surface area contributed by atoms with Crippen LogP contribution in [0.15, 0.2) is 27.8 Å². The summed E-state index contributed by atoms with van der Waals surface area (Å²) in [6.45, 7) is 11.7. The largest absolute Gasteiger partial charge is 0.469 e. The van der Waals surface area contributed by atoms with Crippen LogP contribution in [0.2, 0.25) is 0 Å². The van der Waals surface area contributed by atoms with Crippen molar-refractivity contribution in [2.24, 2.45) is 10.9 Å². The first-order chi connectivity index (χ1) is 11.3. The summed E-state index contributed by atoms with van der Waals surface area (Å²) in [5, 5.41) is 6.66. The molecular weight excluding hydrogens is 292 g/mol. The Hall–Kier alpha value is -1.53. The van der Waals surface area contributed by atoms with E-state index in [1.807, 2.05) is 12.1 Å². The first-order valence-electron chi connectivity index (χ1n) is 8.62. The van der Waals surface area contributed by atoms with Gasteiger partial charge in [-0.3, -0.25) is 9.89 Å².